The Morgan fingerprint density at radius 3 is 1.86 bits per heavy atom. The summed E-state index contributed by atoms with van der Waals surface area (Å²) >= 11 is 0. The molecule has 0 amide bonds. The summed E-state index contributed by atoms with van der Waals surface area (Å²) in [5, 5.41) is 10.1. The Morgan fingerprint density at radius 1 is 0.778 bits per heavy atom. The highest BCUT2D eigenvalue weighted by Crippen LogP contribution is 2.43. The second-order valence-corrected chi connectivity index (χ2v) is 7.97. The van der Waals surface area contributed by atoms with Crippen molar-refractivity contribution in [2.45, 2.75) is 44.9 Å². The number of phenolic OH excluding ortho intramolecular Hbond substituents is 1. The minimum absolute atomic E-state index is 0.0760. The van der Waals surface area contributed by atoms with Crippen LogP contribution in [0.5, 0.6) is 11.5 Å². The molecular formula is C25H19F9O2. The fourth-order valence-electron chi connectivity index (χ4n) is 3.64. The van der Waals surface area contributed by atoms with Crippen LogP contribution in [-0.2, 0) is 18.7 Å². The Bertz CT molecular complexity index is 1210. The molecule has 0 fully saturated rings. The Morgan fingerprint density at radius 2 is 1.33 bits per heavy atom. The SMILES string of the molecule is CCCCCc1ccc(-c2c(O)cc(F)c(C(F)(F)Oc3cc(F)c(C(F)(F)F)c(F)c3)c2F)cc1. The summed E-state index contributed by atoms with van der Waals surface area (Å²) in [6.07, 6.45) is -6.87. The zero-order chi connectivity index (χ0) is 26.8. The lowest BCUT2D eigenvalue weighted by atomic mass is 9.97. The fourth-order valence-corrected chi connectivity index (χ4v) is 3.64. The largest absolute Gasteiger partial charge is 0.507 e. The molecule has 3 aromatic carbocycles. The Kier molecular flexibility index (Phi) is 7.80. The van der Waals surface area contributed by atoms with Gasteiger partial charge in [0, 0.05) is 18.2 Å². The highest BCUT2D eigenvalue weighted by molar-refractivity contribution is 5.72. The fraction of sp³-hybridized carbons (Fsp3) is 0.280. The van der Waals surface area contributed by atoms with Gasteiger partial charge in [0.2, 0.25) is 0 Å². The molecule has 0 bridgehead atoms. The van der Waals surface area contributed by atoms with Crippen LogP contribution in [-0.4, -0.2) is 5.11 Å². The number of aromatic hydroxyl groups is 1. The van der Waals surface area contributed by atoms with Gasteiger partial charge in [-0.1, -0.05) is 44.0 Å². The first-order chi connectivity index (χ1) is 16.8. The molecule has 2 nitrogen and oxygen atoms in total. The van der Waals surface area contributed by atoms with Gasteiger partial charge < -0.3 is 9.84 Å². The van der Waals surface area contributed by atoms with E-state index >= 15 is 4.39 Å². The van der Waals surface area contributed by atoms with E-state index in [-0.39, 0.29) is 23.8 Å². The molecule has 0 heterocycles. The number of phenols is 1. The molecule has 11 heteroatoms. The number of aryl methyl sites for hydroxylation is 1. The minimum atomic E-state index is -5.47. The van der Waals surface area contributed by atoms with Crippen molar-refractivity contribution in [3.63, 3.8) is 0 Å². The van der Waals surface area contributed by atoms with Gasteiger partial charge in [-0.2, -0.15) is 22.0 Å². The maximum atomic E-state index is 15.1. The number of hydrogen-bond donors (Lipinski definition) is 1. The van der Waals surface area contributed by atoms with Crippen molar-refractivity contribution >= 4 is 0 Å². The average Bonchev–Trinajstić information content (AvgIpc) is 2.72. The molecule has 36 heavy (non-hydrogen) atoms. The summed E-state index contributed by atoms with van der Waals surface area (Å²) in [7, 11) is 0. The summed E-state index contributed by atoms with van der Waals surface area (Å²) in [5.41, 5.74) is -4.37. The van der Waals surface area contributed by atoms with E-state index in [2.05, 4.69) is 4.74 Å². The normalized spacial score (nSPS) is 12.2. The van der Waals surface area contributed by atoms with Crippen LogP contribution in [0.1, 0.15) is 42.9 Å². The van der Waals surface area contributed by atoms with Crippen LogP contribution in [0.25, 0.3) is 11.1 Å². The molecule has 3 aromatic rings. The highest BCUT2D eigenvalue weighted by atomic mass is 19.4. The predicted octanol–water partition coefficient (Wildman–Crippen LogP) is 8.50. The molecule has 3 rings (SSSR count). The molecule has 0 aliphatic carbocycles. The summed E-state index contributed by atoms with van der Waals surface area (Å²) in [4.78, 5) is 0. The molecular weight excluding hydrogens is 503 g/mol. The van der Waals surface area contributed by atoms with E-state index in [0.717, 1.165) is 24.8 Å². The molecule has 0 atom stereocenters. The molecule has 0 saturated carbocycles. The van der Waals surface area contributed by atoms with Crippen molar-refractivity contribution in [3.05, 3.63) is 82.4 Å². The van der Waals surface area contributed by atoms with Crippen LogP contribution < -0.4 is 4.74 Å². The lowest BCUT2D eigenvalue weighted by Crippen LogP contribution is -2.26. The van der Waals surface area contributed by atoms with Crippen molar-refractivity contribution in [2.24, 2.45) is 0 Å². The summed E-state index contributed by atoms with van der Waals surface area (Å²) in [6, 6.07) is 5.66. The first-order valence-corrected chi connectivity index (χ1v) is 10.7. The first-order valence-electron chi connectivity index (χ1n) is 10.7. The van der Waals surface area contributed by atoms with E-state index < -0.39 is 63.7 Å². The molecule has 0 unspecified atom stereocenters. The van der Waals surface area contributed by atoms with E-state index in [0.29, 0.717) is 6.42 Å². The molecule has 0 aliphatic rings. The van der Waals surface area contributed by atoms with Crippen molar-refractivity contribution < 1.29 is 49.4 Å². The third-order valence-electron chi connectivity index (χ3n) is 5.35. The Hall–Kier alpha value is -3.37. The van der Waals surface area contributed by atoms with Crippen LogP contribution >= 0.6 is 0 Å². The number of hydrogen-bond acceptors (Lipinski definition) is 2. The zero-order valence-electron chi connectivity index (χ0n) is 18.6. The second kappa shape index (κ2) is 10.3. The van der Waals surface area contributed by atoms with E-state index in [1.807, 2.05) is 6.92 Å². The second-order valence-electron chi connectivity index (χ2n) is 7.97. The molecule has 194 valence electrons. The minimum Gasteiger partial charge on any atom is -0.507 e. The molecule has 0 aromatic heterocycles. The number of alkyl halides is 5. The van der Waals surface area contributed by atoms with E-state index in [1.165, 1.54) is 12.1 Å². The lowest BCUT2D eigenvalue weighted by molar-refractivity contribution is -0.189. The molecule has 0 saturated heterocycles. The topological polar surface area (TPSA) is 29.5 Å². The van der Waals surface area contributed by atoms with E-state index in [4.69, 9.17) is 0 Å². The molecule has 0 spiro atoms. The molecule has 0 radical (unpaired) electrons. The van der Waals surface area contributed by atoms with Gasteiger partial charge in [-0.15, -0.1) is 0 Å². The van der Waals surface area contributed by atoms with Crippen molar-refractivity contribution in [3.8, 4) is 22.6 Å². The smallest absolute Gasteiger partial charge is 0.432 e. The van der Waals surface area contributed by atoms with Crippen LogP contribution in [0.2, 0.25) is 0 Å². The van der Waals surface area contributed by atoms with E-state index in [9.17, 15) is 40.2 Å². The van der Waals surface area contributed by atoms with Gasteiger partial charge in [0.05, 0.1) is 5.56 Å². The maximum Gasteiger partial charge on any atom is 0.432 e. The third kappa shape index (κ3) is 5.71. The average molecular weight is 522 g/mol. The Balaban J connectivity index is 2.00. The summed E-state index contributed by atoms with van der Waals surface area (Å²) < 4.78 is 129. The van der Waals surface area contributed by atoms with Gasteiger partial charge in [-0.25, -0.2) is 17.6 Å². The quantitative estimate of drug-likeness (QED) is 0.238. The van der Waals surface area contributed by atoms with E-state index in [1.54, 1.807) is 12.1 Å². The number of rotatable bonds is 8. The number of halogens is 9. The van der Waals surface area contributed by atoms with Crippen molar-refractivity contribution in [1.82, 2.24) is 0 Å². The number of benzene rings is 3. The van der Waals surface area contributed by atoms with Gasteiger partial charge in [-0.3, -0.25) is 0 Å². The zero-order valence-corrected chi connectivity index (χ0v) is 18.6. The van der Waals surface area contributed by atoms with Crippen LogP contribution in [0, 0.1) is 23.3 Å². The van der Waals surface area contributed by atoms with Crippen LogP contribution in [0.15, 0.2) is 42.5 Å². The van der Waals surface area contributed by atoms with Gasteiger partial charge in [0.25, 0.3) is 0 Å². The Labute approximate surface area is 199 Å². The van der Waals surface area contributed by atoms with Crippen LogP contribution in [0.4, 0.5) is 39.5 Å². The van der Waals surface area contributed by atoms with Crippen LogP contribution in [0.3, 0.4) is 0 Å². The third-order valence-corrected chi connectivity index (χ3v) is 5.35. The molecule has 1 N–H and O–H groups in total. The summed E-state index contributed by atoms with van der Waals surface area (Å²) in [6.45, 7) is 2.02. The van der Waals surface area contributed by atoms with Crippen molar-refractivity contribution in [1.29, 1.82) is 0 Å². The highest BCUT2D eigenvalue weighted by Gasteiger charge is 2.44. The first kappa shape index (κ1) is 27.2. The van der Waals surface area contributed by atoms with Gasteiger partial charge >= 0.3 is 12.3 Å². The maximum absolute atomic E-state index is 15.1. The lowest BCUT2D eigenvalue weighted by Gasteiger charge is -2.22. The summed E-state index contributed by atoms with van der Waals surface area (Å²) in [5.74, 6) is -10.9. The number of ether oxygens (including phenoxy) is 1. The van der Waals surface area contributed by atoms with Crippen molar-refractivity contribution in [2.75, 3.05) is 0 Å². The van der Waals surface area contributed by atoms with Gasteiger partial charge in [0.1, 0.15) is 40.1 Å². The predicted molar refractivity (Wildman–Crippen MR) is 113 cm³/mol. The molecule has 0 aliphatic heterocycles. The van der Waals surface area contributed by atoms with Gasteiger partial charge in [0.15, 0.2) is 5.82 Å². The standard InChI is InChI=1S/C25H19F9O2/c1-2-3-4-5-13-6-8-14(9-7-13)20-19(35)12-18(28)22(23(20)29)25(33,34)36-15-10-16(26)21(17(27)11-15)24(30,31)32/h6-12,35H,2-5H2,1H3. The monoisotopic (exact) mass is 522 g/mol. The number of unbranched alkanes of at least 4 members (excludes halogenated alkanes) is 2. The van der Waals surface area contributed by atoms with Gasteiger partial charge in [-0.05, 0) is 24.0 Å².